The van der Waals surface area contributed by atoms with Crippen LogP contribution in [-0.4, -0.2) is 7.11 Å². The maximum absolute atomic E-state index is 5.83. The highest BCUT2D eigenvalue weighted by Gasteiger charge is 2.18. The van der Waals surface area contributed by atoms with Gasteiger partial charge in [0.25, 0.3) is 0 Å². The van der Waals surface area contributed by atoms with Crippen molar-refractivity contribution in [3.05, 3.63) is 77.9 Å². The van der Waals surface area contributed by atoms with E-state index in [-0.39, 0.29) is 0 Å². The first-order chi connectivity index (χ1) is 15.8. The molecule has 0 saturated heterocycles. The molecule has 0 bridgehead atoms. The molecule has 0 atom stereocenters. The zero-order valence-electron chi connectivity index (χ0n) is 19.5. The van der Waals surface area contributed by atoms with Crippen LogP contribution in [0.3, 0.4) is 0 Å². The van der Waals surface area contributed by atoms with E-state index < -0.39 is 0 Å². The van der Waals surface area contributed by atoms with Gasteiger partial charge in [-0.2, -0.15) is 0 Å². The largest absolute Gasteiger partial charge is 0.496 e. The molecule has 2 fully saturated rings. The summed E-state index contributed by atoms with van der Waals surface area (Å²) in [7, 11) is 1.78. The normalized spacial score (nSPS) is 17.9. The molecule has 166 valence electrons. The molecule has 1 heteroatoms. The third-order valence-electron chi connectivity index (χ3n) is 7.82. The third-order valence-corrected chi connectivity index (χ3v) is 7.82. The molecular weight excluding hydrogens is 388 g/mol. The van der Waals surface area contributed by atoms with Crippen LogP contribution in [0.15, 0.2) is 66.7 Å². The molecule has 2 saturated carbocycles. The molecule has 32 heavy (non-hydrogen) atoms. The summed E-state index contributed by atoms with van der Waals surface area (Å²) < 4.78 is 5.83. The van der Waals surface area contributed by atoms with Crippen molar-refractivity contribution in [3.8, 4) is 28.0 Å². The third kappa shape index (κ3) is 4.49. The Morgan fingerprint density at radius 3 is 1.56 bits per heavy atom. The molecule has 0 N–H and O–H groups in total. The van der Waals surface area contributed by atoms with Gasteiger partial charge in [-0.25, -0.2) is 0 Å². The van der Waals surface area contributed by atoms with Gasteiger partial charge in [0.2, 0.25) is 0 Å². The monoisotopic (exact) mass is 424 g/mol. The van der Waals surface area contributed by atoms with E-state index in [1.807, 2.05) is 0 Å². The average molecular weight is 425 g/mol. The predicted octanol–water partition coefficient (Wildman–Crippen LogP) is 9.12. The second-order valence-electron chi connectivity index (χ2n) is 9.80. The van der Waals surface area contributed by atoms with E-state index in [4.69, 9.17) is 4.74 Å². The summed E-state index contributed by atoms with van der Waals surface area (Å²) in [6.45, 7) is 0. The molecule has 5 rings (SSSR count). The Bertz CT molecular complexity index is 1000. The second kappa shape index (κ2) is 9.94. The summed E-state index contributed by atoms with van der Waals surface area (Å²) >= 11 is 0. The van der Waals surface area contributed by atoms with E-state index in [1.54, 1.807) is 7.11 Å². The van der Waals surface area contributed by atoms with Gasteiger partial charge in [-0.3, -0.25) is 0 Å². The minimum atomic E-state index is 0.738. The Labute approximate surface area is 193 Å². The summed E-state index contributed by atoms with van der Waals surface area (Å²) in [5.74, 6) is 2.43. The van der Waals surface area contributed by atoms with E-state index in [0.717, 1.165) is 17.6 Å². The van der Waals surface area contributed by atoms with Crippen LogP contribution < -0.4 is 4.74 Å². The summed E-state index contributed by atoms with van der Waals surface area (Å²) in [6, 6.07) is 25.1. The van der Waals surface area contributed by atoms with Crippen molar-refractivity contribution in [1.29, 1.82) is 0 Å². The van der Waals surface area contributed by atoms with Gasteiger partial charge in [-0.1, -0.05) is 99.2 Å². The number of benzene rings is 3. The van der Waals surface area contributed by atoms with Gasteiger partial charge in [0.05, 0.1) is 7.11 Å². The molecule has 3 aromatic carbocycles. The molecule has 0 aromatic heterocycles. The standard InChI is InChI=1S/C31H36O/c1-32-30-14-8-13-29(27-19-15-25(16-20-27)23-9-4-2-5-10-23)31(30)28-21-17-26(18-22-28)24-11-6-3-7-12-24/h8,13-24H,2-7,9-12H2,1H3. The fourth-order valence-corrected chi connectivity index (χ4v) is 5.97. The molecule has 1 nitrogen and oxygen atoms in total. The van der Waals surface area contributed by atoms with Crippen molar-refractivity contribution in [2.45, 2.75) is 76.0 Å². The van der Waals surface area contributed by atoms with E-state index in [9.17, 15) is 0 Å². The topological polar surface area (TPSA) is 9.23 Å². The van der Waals surface area contributed by atoms with Crippen LogP contribution >= 0.6 is 0 Å². The van der Waals surface area contributed by atoms with Crippen molar-refractivity contribution in [1.82, 2.24) is 0 Å². The Morgan fingerprint density at radius 1 is 0.562 bits per heavy atom. The van der Waals surface area contributed by atoms with Crippen molar-refractivity contribution in [2.75, 3.05) is 7.11 Å². The number of rotatable bonds is 5. The zero-order valence-corrected chi connectivity index (χ0v) is 19.5. The lowest BCUT2D eigenvalue weighted by molar-refractivity contribution is 0.416. The summed E-state index contributed by atoms with van der Waals surface area (Å²) in [5.41, 5.74) is 7.99. The molecule has 0 radical (unpaired) electrons. The number of ether oxygens (including phenoxy) is 1. The zero-order chi connectivity index (χ0) is 21.8. The lowest BCUT2D eigenvalue weighted by Gasteiger charge is -2.23. The van der Waals surface area contributed by atoms with E-state index in [1.165, 1.54) is 97.6 Å². The Balaban J connectivity index is 1.46. The quantitative estimate of drug-likeness (QED) is 0.397. The smallest absolute Gasteiger partial charge is 0.127 e. The Morgan fingerprint density at radius 2 is 1.06 bits per heavy atom. The highest BCUT2D eigenvalue weighted by Crippen LogP contribution is 2.41. The predicted molar refractivity (Wildman–Crippen MR) is 136 cm³/mol. The van der Waals surface area contributed by atoms with Crippen LogP contribution in [0.5, 0.6) is 5.75 Å². The summed E-state index contributed by atoms with van der Waals surface area (Å²) in [5, 5.41) is 0. The fraction of sp³-hybridized carbons (Fsp3) is 0.419. The summed E-state index contributed by atoms with van der Waals surface area (Å²) in [4.78, 5) is 0. The lowest BCUT2D eigenvalue weighted by atomic mass is 9.83. The van der Waals surface area contributed by atoms with Crippen molar-refractivity contribution < 1.29 is 4.74 Å². The van der Waals surface area contributed by atoms with Crippen LogP contribution in [0.2, 0.25) is 0 Å². The first-order valence-corrected chi connectivity index (χ1v) is 12.7. The molecular formula is C31H36O. The lowest BCUT2D eigenvalue weighted by Crippen LogP contribution is -2.04. The van der Waals surface area contributed by atoms with Gasteiger partial charge in [-0.15, -0.1) is 0 Å². The first-order valence-electron chi connectivity index (χ1n) is 12.7. The molecule has 0 heterocycles. The highest BCUT2D eigenvalue weighted by atomic mass is 16.5. The van der Waals surface area contributed by atoms with Gasteiger partial charge in [0, 0.05) is 5.56 Å². The molecule has 2 aliphatic carbocycles. The van der Waals surface area contributed by atoms with Crippen molar-refractivity contribution in [2.24, 2.45) is 0 Å². The van der Waals surface area contributed by atoms with Crippen LogP contribution in [0.4, 0.5) is 0 Å². The van der Waals surface area contributed by atoms with E-state index >= 15 is 0 Å². The molecule has 0 unspecified atom stereocenters. The van der Waals surface area contributed by atoms with Crippen molar-refractivity contribution >= 4 is 0 Å². The van der Waals surface area contributed by atoms with Gasteiger partial charge in [0.15, 0.2) is 0 Å². The number of methoxy groups -OCH3 is 1. The molecule has 2 aliphatic rings. The Hall–Kier alpha value is -2.54. The van der Waals surface area contributed by atoms with Crippen LogP contribution in [0.25, 0.3) is 22.3 Å². The SMILES string of the molecule is COc1cccc(-c2ccc(C3CCCCC3)cc2)c1-c1ccc(C2CCCCC2)cc1. The van der Waals surface area contributed by atoms with Gasteiger partial charge >= 0.3 is 0 Å². The molecule has 0 spiro atoms. The maximum Gasteiger partial charge on any atom is 0.127 e. The minimum absolute atomic E-state index is 0.738. The Kier molecular flexibility index (Phi) is 6.62. The number of hydrogen-bond acceptors (Lipinski definition) is 1. The maximum atomic E-state index is 5.83. The average Bonchev–Trinajstić information content (AvgIpc) is 2.89. The minimum Gasteiger partial charge on any atom is -0.496 e. The second-order valence-corrected chi connectivity index (χ2v) is 9.80. The van der Waals surface area contributed by atoms with Gasteiger partial charge < -0.3 is 4.74 Å². The molecule has 3 aromatic rings. The molecule has 0 amide bonds. The highest BCUT2D eigenvalue weighted by molar-refractivity contribution is 5.87. The molecule has 0 aliphatic heterocycles. The van der Waals surface area contributed by atoms with Crippen LogP contribution in [0, 0.1) is 0 Å². The van der Waals surface area contributed by atoms with Crippen LogP contribution in [-0.2, 0) is 0 Å². The van der Waals surface area contributed by atoms with E-state index in [2.05, 4.69) is 66.7 Å². The van der Waals surface area contributed by atoms with Gasteiger partial charge in [-0.05, 0) is 71.4 Å². The first kappa shape index (κ1) is 21.3. The van der Waals surface area contributed by atoms with Crippen molar-refractivity contribution in [3.63, 3.8) is 0 Å². The van der Waals surface area contributed by atoms with E-state index in [0.29, 0.717) is 0 Å². The summed E-state index contributed by atoms with van der Waals surface area (Å²) in [6.07, 6.45) is 13.7. The number of hydrogen-bond donors (Lipinski definition) is 0. The van der Waals surface area contributed by atoms with Crippen LogP contribution in [0.1, 0.15) is 87.2 Å². The fourth-order valence-electron chi connectivity index (χ4n) is 5.97. The van der Waals surface area contributed by atoms with Gasteiger partial charge in [0.1, 0.15) is 5.75 Å².